The molecule has 2 aromatic carbocycles. The van der Waals surface area contributed by atoms with Crippen molar-refractivity contribution in [3.05, 3.63) is 51.8 Å². The second-order valence-electron chi connectivity index (χ2n) is 5.37. The van der Waals surface area contributed by atoms with Gasteiger partial charge < -0.3 is 14.2 Å². The van der Waals surface area contributed by atoms with Crippen molar-refractivity contribution >= 4 is 30.0 Å². The molecule has 3 aromatic rings. The van der Waals surface area contributed by atoms with Gasteiger partial charge in [0.1, 0.15) is 5.75 Å². The summed E-state index contributed by atoms with van der Waals surface area (Å²) in [6, 6.07) is 10.8. The number of nitrogens with zero attached hydrogens (tertiary/aromatic N) is 3. The molecule has 0 unspecified atom stereocenters. The summed E-state index contributed by atoms with van der Waals surface area (Å²) in [6.07, 6.45) is 1.61. The van der Waals surface area contributed by atoms with E-state index in [9.17, 15) is 0 Å². The summed E-state index contributed by atoms with van der Waals surface area (Å²) >= 11 is 11.4. The minimum atomic E-state index is 0.348. The van der Waals surface area contributed by atoms with Crippen molar-refractivity contribution in [2.75, 3.05) is 21.3 Å². The molecule has 0 bridgehead atoms. The van der Waals surface area contributed by atoms with E-state index in [1.165, 1.54) is 4.68 Å². The van der Waals surface area contributed by atoms with Crippen LogP contribution in [0.15, 0.2) is 41.5 Å². The average Bonchev–Trinajstić information content (AvgIpc) is 3.06. The minimum Gasteiger partial charge on any atom is -0.496 e. The molecular formula is C18H17ClN4O3S. The van der Waals surface area contributed by atoms with Gasteiger partial charge in [-0.1, -0.05) is 23.7 Å². The Labute approximate surface area is 166 Å². The largest absolute Gasteiger partial charge is 0.496 e. The first kappa shape index (κ1) is 18.9. The zero-order valence-electron chi connectivity index (χ0n) is 14.9. The van der Waals surface area contributed by atoms with Crippen LogP contribution in [0.3, 0.4) is 0 Å². The highest BCUT2D eigenvalue weighted by atomic mass is 35.5. The van der Waals surface area contributed by atoms with E-state index in [1.807, 2.05) is 12.1 Å². The standard InChI is InChI=1S/C18H17ClN4O3S/c1-24-14-9-16(26-3)15(25-2)8-12(14)10-20-23-17(21-22-18(23)27)11-5-4-6-13(19)7-11/h4-10H,1-3H3,(H,22,27). The number of aromatic nitrogens is 3. The Kier molecular flexibility index (Phi) is 5.78. The van der Waals surface area contributed by atoms with E-state index in [2.05, 4.69) is 15.3 Å². The van der Waals surface area contributed by atoms with Gasteiger partial charge in [0.15, 0.2) is 17.3 Å². The summed E-state index contributed by atoms with van der Waals surface area (Å²) < 4.78 is 17.9. The molecule has 0 saturated carbocycles. The molecule has 9 heteroatoms. The summed E-state index contributed by atoms with van der Waals surface area (Å²) in [6.45, 7) is 0. The summed E-state index contributed by atoms with van der Waals surface area (Å²) in [4.78, 5) is 0. The quantitative estimate of drug-likeness (QED) is 0.493. The maximum Gasteiger partial charge on any atom is 0.216 e. The number of halogens is 1. The molecule has 3 rings (SSSR count). The van der Waals surface area contributed by atoms with Crippen LogP contribution in [0.4, 0.5) is 0 Å². The molecule has 0 radical (unpaired) electrons. The van der Waals surface area contributed by atoms with E-state index in [-0.39, 0.29) is 0 Å². The maximum atomic E-state index is 6.07. The monoisotopic (exact) mass is 404 g/mol. The molecule has 140 valence electrons. The zero-order valence-corrected chi connectivity index (χ0v) is 16.5. The number of methoxy groups -OCH3 is 3. The zero-order chi connectivity index (χ0) is 19.4. The number of ether oxygens (including phenoxy) is 3. The van der Waals surface area contributed by atoms with Crippen molar-refractivity contribution in [3.63, 3.8) is 0 Å². The number of rotatable bonds is 6. The van der Waals surface area contributed by atoms with Gasteiger partial charge in [0.25, 0.3) is 0 Å². The van der Waals surface area contributed by atoms with Crippen LogP contribution < -0.4 is 14.2 Å². The third-order valence-electron chi connectivity index (χ3n) is 3.78. The SMILES string of the molecule is COc1cc(OC)c(OC)cc1C=Nn1c(-c2cccc(Cl)c2)n[nH]c1=S. The summed E-state index contributed by atoms with van der Waals surface area (Å²) in [5.74, 6) is 2.24. The van der Waals surface area contributed by atoms with Crippen molar-refractivity contribution in [3.8, 4) is 28.6 Å². The number of hydrogen-bond donors (Lipinski definition) is 1. The van der Waals surface area contributed by atoms with Crippen molar-refractivity contribution in [1.82, 2.24) is 14.9 Å². The first-order valence-corrected chi connectivity index (χ1v) is 8.63. The molecule has 0 fully saturated rings. The fourth-order valence-corrected chi connectivity index (χ4v) is 2.86. The van der Waals surface area contributed by atoms with Crippen LogP contribution in [0, 0.1) is 4.77 Å². The van der Waals surface area contributed by atoms with E-state index in [0.29, 0.717) is 38.4 Å². The van der Waals surface area contributed by atoms with E-state index < -0.39 is 0 Å². The van der Waals surface area contributed by atoms with Gasteiger partial charge in [-0.25, -0.2) is 5.10 Å². The topological polar surface area (TPSA) is 73.7 Å². The summed E-state index contributed by atoms with van der Waals surface area (Å²) in [7, 11) is 4.70. The number of hydrogen-bond acceptors (Lipinski definition) is 6. The van der Waals surface area contributed by atoms with Crippen molar-refractivity contribution in [2.24, 2.45) is 5.10 Å². The van der Waals surface area contributed by atoms with E-state index in [1.54, 1.807) is 51.8 Å². The summed E-state index contributed by atoms with van der Waals surface area (Å²) in [5, 5.41) is 12.0. The van der Waals surface area contributed by atoms with Gasteiger partial charge in [0, 0.05) is 22.2 Å². The molecule has 7 nitrogen and oxygen atoms in total. The number of aromatic amines is 1. The van der Waals surface area contributed by atoms with Crippen molar-refractivity contribution < 1.29 is 14.2 Å². The highest BCUT2D eigenvalue weighted by molar-refractivity contribution is 7.71. The lowest BCUT2D eigenvalue weighted by molar-refractivity contribution is 0.349. The second kappa shape index (κ2) is 8.24. The lowest BCUT2D eigenvalue weighted by atomic mass is 10.2. The first-order chi connectivity index (χ1) is 13.1. The second-order valence-corrected chi connectivity index (χ2v) is 6.19. The van der Waals surface area contributed by atoms with Crippen LogP contribution in [0.5, 0.6) is 17.2 Å². The molecule has 0 aliphatic heterocycles. The Bertz CT molecular complexity index is 1050. The third kappa shape index (κ3) is 3.96. The molecule has 0 aliphatic carbocycles. The number of benzene rings is 2. The molecular weight excluding hydrogens is 388 g/mol. The number of H-pyrrole nitrogens is 1. The van der Waals surface area contributed by atoms with Gasteiger partial charge in [-0.15, -0.1) is 0 Å². The Hall–Kier alpha value is -2.84. The fraction of sp³-hybridized carbons (Fsp3) is 0.167. The first-order valence-electron chi connectivity index (χ1n) is 7.85. The normalized spacial score (nSPS) is 11.0. The lowest BCUT2D eigenvalue weighted by Crippen LogP contribution is -1.99. The molecule has 0 atom stereocenters. The molecule has 0 spiro atoms. The van der Waals surface area contributed by atoms with Crippen LogP contribution >= 0.6 is 23.8 Å². The molecule has 0 amide bonds. The van der Waals surface area contributed by atoms with Crippen LogP contribution in [0.25, 0.3) is 11.4 Å². The molecule has 27 heavy (non-hydrogen) atoms. The van der Waals surface area contributed by atoms with Crippen LogP contribution in [0.2, 0.25) is 5.02 Å². The van der Waals surface area contributed by atoms with E-state index in [4.69, 9.17) is 38.0 Å². The Morgan fingerprint density at radius 1 is 1.07 bits per heavy atom. The third-order valence-corrected chi connectivity index (χ3v) is 4.28. The molecule has 1 aromatic heterocycles. The van der Waals surface area contributed by atoms with Crippen molar-refractivity contribution in [2.45, 2.75) is 0 Å². The fourth-order valence-electron chi connectivity index (χ4n) is 2.49. The highest BCUT2D eigenvalue weighted by Crippen LogP contribution is 2.33. The summed E-state index contributed by atoms with van der Waals surface area (Å²) in [5.41, 5.74) is 1.47. The van der Waals surface area contributed by atoms with E-state index >= 15 is 0 Å². The number of nitrogens with one attached hydrogen (secondary N) is 1. The highest BCUT2D eigenvalue weighted by Gasteiger charge is 2.12. The molecule has 1 heterocycles. The van der Waals surface area contributed by atoms with Crippen molar-refractivity contribution in [1.29, 1.82) is 0 Å². The molecule has 0 saturated heterocycles. The Morgan fingerprint density at radius 3 is 2.44 bits per heavy atom. The van der Waals surface area contributed by atoms with Gasteiger partial charge in [-0.05, 0) is 30.4 Å². The van der Waals surface area contributed by atoms with Crippen LogP contribution in [-0.4, -0.2) is 42.4 Å². The lowest BCUT2D eigenvalue weighted by Gasteiger charge is -2.11. The Balaban J connectivity index is 2.05. The smallest absolute Gasteiger partial charge is 0.216 e. The maximum absolute atomic E-state index is 6.07. The van der Waals surface area contributed by atoms with Gasteiger partial charge in [0.2, 0.25) is 4.77 Å². The Morgan fingerprint density at radius 2 is 1.78 bits per heavy atom. The predicted octanol–water partition coefficient (Wildman–Crippen LogP) is 4.17. The van der Waals surface area contributed by atoms with Crippen LogP contribution in [0.1, 0.15) is 5.56 Å². The van der Waals surface area contributed by atoms with Gasteiger partial charge in [-0.2, -0.15) is 14.9 Å². The molecule has 1 N–H and O–H groups in total. The average molecular weight is 405 g/mol. The van der Waals surface area contributed by atoms with Gasteiger partial charge in [-0.3, -0.25) is 0 Å². The predicted molar refractivity (Wildman–Crippen MR) is 107 cm³/mol. The van der Waals surface area contributed by atoms with E-state index in [0.717, 1.165) is 5.56 Å². The van der Waals surface area contributed by atoms with Gasteiger partial charge in [0.05, 0.1) is 27.5 Å². The van der Waals surface area contributed by atoms with Crippen LogP contribution in [-0.2, 0) is 0 Å². The van der Waals surface area contributed by atoms with Gasteiger partial charge >= 0.3 is 0 Å². The minimum absolute atomic E-state index is 0.348. The molecule has 0 aliphatic rings.